The van der Waals surface area contributed by atoms with Crippen LogP contribution in [0.25, 0.3) is 11.5 Å². The van der Waals surface area contributed by atoms with E-state index in [9.17, 15) is 0 Å². The molecule has 0 aliphatic rings. The maximum Gasteiger partial charge on any atom is 0.226 e. The number of aromatic nitrogens is 1. The van der Waals surface area contributed by atoms with Crippen LogP contribution in [-0.4, -0.2) is 4.98 Å². The molecule has 0 radical (unpaired) electrons. The quantitative estimate of drug-likeness (QED) is 0.721. The molecule has 0 amide bonds. The second kappa shape index (κ2) is 3.66. The molecule has 1 heterocycles. The lowest BCUT2D eigenvalue weighted by atomic mass is 10.1. The molecule has 1 aromatic carbocycles. The maximum atomic E-state index is 5.46. The van der Waals surface area contributed by atoms with Gasteiger partial charge < -0.3 is 4.42 Å². The highest BCUT2D eigenvalue weighted by molar-refractivity contribution is 5.54. The van der Waals surface area contributed by atoms with E-state index in [4.69, 9.17) is 4.42 Å². The fourth-order valence-corrected chi connectivity index (χ4v) is 1.41. The zero-order valence-electron chi connectivity index (χ0n) is 8.45. The molecule has 72 valence electrons. The Morgan fingerprint density at radius 2 is 2.21 bits per heavy atom. The van der Waals surface area contributed by atoms with Gasteiger partial charge in [0.15, 0.2) is 0 Å². The van der Waals surface area contributed by atoms with E-state index in [-0.39, 0.29) is 0 Å². The number of aryl methyl sites for hydroxylation is 2. The summed E-state index contributed by atoms with van der Waals surface area (Å²) in [5, 5.41) is 0. The molecule has 14 heavy (non-hydrogen) atoms. The minimum Gasteiger partial charge on any atom is -0.441 e. The Kier molecular flexibility index (Phi) is 2.35. The Hall–Kier alpha value is -1.57. The molecular weight excluding hydrogens is 174 g/mol. The van der Waals surface area contributed by atoms with Crippen molar-refractivity contribution in [1.29, 1.82) is 0 Å². The molecule has 2 nitrogen and oxygen atoms in total. The SMILES string of the molecule is CCc1cccc(-c2ncc(C)o2)c1. The van der Waals surface area contributed by atoms with E-state index in [1.54, 1.807) is 6.20 Å². The van der Waals surface area contributed by atoms with Crippen LogP contribution in [0.5, 0.6) is 0 Å². The highest BCUT2D eigenvalue weighted by Crippen LogP contribution is 2.19. The topological polar surface area (TPSA) is 26.0 Å². The predicted molar refractivity (Wildman–Crippen MR) is 56.1 cm³/mol. The molecule has 2 rings (SSSR count). The molecule has 0 fully saturated rings. The third kappa shape index (κ3) is 1.69. The minimum absolute atomic E-state index is 0.706. The van der Waals surface area contributed by atoms with Gasteiger partial charge in [-0.15, -0.1) is 0 Å². The molecule has 0 N–H and O–H groups in total. The molecule has 0 spiro atoms. The van der Waals surface area contributed by atoms with Crippen LogP contribution in [0.3, 0.4) is 0 Å². The molecule has 0 aliphatic carbocycles. The van der Waals surface area contributed by atoms with Crippen molar-refractivity contribution in [1.82, 2.24) is 4.98 Å². The van der Waals surface area contributed by atoms with Crippen LogP contribution in [-0.2, 0) is 6.42 Å². The monoisotopic (exact) mass is 187 g/mol. The molecule has 0 aliphatic heterocycles. The second-order valence-electron chi connectivity index (χ2n) is 3.33. The Labute approximate surface area is 83.6 Å². The number of benzene rings is 1. The number of rotatable bonds is 2. The largest absolute Gasteiger partial charge is 0.441 e. The van der Waals surface area contributed by atoms with Crippen LogP contribution >= 0.6 is 0 Å². The van der Waals surface area contributed by atoms with E-state index >= 15 is 0 Å². The zero-order chi connectivity index (χ0) is 9.97. The smallest absolute Gasteiger partial charge is 0.226 e. The zero-order valence-corrected chi connectivity index (χ0v) is 8.45. The van der Waals surface area contributed by atoms with Gasteiger partial charge in [-0.1, -0.05) is 19.1 Å². The third-order valence-electron chi connectivity index (χ3n) is 2.20. The van der Waals surface area contributed by atoms with Gasteiger partial charge >= 0.3 is 0 Å². The number of oxazole rings is 1. The van der Waals surface area contributed by atoms with Gasteiger partial charge in [0.2, 0.25) is 5.89 Å². The van der Waals surface area contributed by atoms with Crippen LogP contribution < -0.4 is 0 Å². The first-order valence-electron chi connectivity index (χ1n) is 4.81. The molecule has 0 unspecified atom stereocenters. The average Bonchev–Trinajstić information content (AvgIpc) is 2.65. The van der Waals surface area contributed by atoms with Crippen molar-refractivity contribution in [3.8, 4) is 11.5 Å². The number of hydrogen-bond donors (Lipinski definition) is 0. The Bertz CT molecular complexity index is 431. The van der Waals surface area contributed by atoms with Gasteiger partial charge in [0.1, 0.15) is 5.76 Å². The molecule has 2 heteroatoms. The molecular formula is C12H13NO. The summed E-state index contributed by atoms with van der Waals surface area (Å²) in [4.78, 5) is 4.19. The van der Waals surface area contributed by atoms with Crippen molar-refractivity contribution < 1.29 is 4.42 Å². The molecule has 0 atom stereocenters. The van der Waals surface area contributed by atoms with Crippen molar-refractivity contribution in [2.45, 2.75) is 20.3 Å². The molecule has 2 aromatic rings. The summed E-state index contributed by atoms with van der Waals surface area (Å²) < 4.78 is 5.46. The summed E-state index contributed by atoms with van der Waals surface area (Å²) in [6, 6.07) is 8.28. The molecule has 0 saturated carbocycles. The second-order valence-corrected chi connectivity index (χ2v) is 3.33. The fourth-order valence-electron chi connectivity index (χ4n) is 1.41. The standard InChI is InChI=1S/C12H13NO/c1-3-10-5-4-6-11(7-10)12-13-8-9(2)14-12/h4-8H,3H2,1-2H3. The fraction of sp³-hybridized carbons (Fsp3) is 0.250. The predicted octanol–water partition coefficient (Wildman–Crippen LogP) is 3.21. The summed E-state index contributed by atoms with van der Waals surface area (Å²) >= 11 is 0. The molecule has 0 saturated heterocycles. The van der Waals surface area contributed by atoms with Crippen molar-refractivity contribution in [3.05, 3.63) is 41.8 Å². The Morgan fingerprint density at radius 3 is 2.86 bits per heavy atom. The number of nitrogens with zero attached hydrogens (tertiary/aromatic N) is 1. The van der Waals surface area contributed by atoms with Gasteiger partial charge in [-0.25, -0.2) is 4.98 Å². The van der Waals surface area contributed by atoms with E-state index in [1.807, 2.05) is 19.1 Å². The lowest BCUT2D eigenvalue weighted by molar-refractivity contribution is 0.542. The van der Waals surface area contributed by atoms with Crippen LogP contribution in [0, 0.1) is 6.92 Å². The Balaban J connectivity index is 2.41. The van der Waals surface area contributed by atoms with Gasteiger partial charge in [0.25, 0.3) is 0 Å². The summed E-state index contributed by atoms with van der Waals surface area (Å²) in [6.07, 6.45) is 2.78. The first-order chi connectivity index (χ1) is 6.79. The number of hydrogen-bond acceptors (Lipinski definition) is 2. The average molecular weight is 187 g/mol. The van der Waals surface area contributed by atoms with Crippen LogP contribution in [0.4, 0.5) is 0 Å². The highest BCUT2D eigenvalue weighted by atomic mass is 16.4. The third-order valence-corrected chi connectivity index (χ3v) is 2.20. The summed E-state index contributed by atoms with van der Waals surface area (Å²) in [5.41, 5.74) is 2.36. The van der Waals surface area contributed by atoms with E-state index < -0.39 is 0 Å². The van der Waals surface area contributed by atoms with Gasteiger partial charge in [0.05, 0.1) is 6.20 Å². The Morgan fingerprint density at radius 1 is 1.36 bits per heavy atom. The first kappa shape index (κ1) is 9.00. The van der Waals surface area contributed by atoms with Crippen LogP contribution in [0.2, 0.25) is 0 Å². The molecule has 1 aromatic heterocycles. The van der Waals surface area contributed by atoms with Gasteiger partial charge in [-0.3, -0.25) is 0 Å². The summed E-state index contributed by atoms with van der Waals surface area (Å²) in [6.45, 7) is 4.04. The van der Waals surface area contributed by atoms with E-state index in [0.29, 0.717) is 5.89 Å². The van der Waals surface area contributed by atoms with Gasteiger partial charge in [0, 0.05) is 5.56 Å². The van der Waals surface area contributed by atoms with Gasteiger partial charge in [-0.05, 0) is 31.0 Å². The van der Waals surface area contributed by atoms with Crippen molar-refractivity contribution >= 4 is 0 Å². The van der Waals surface area contributed by atoms with Crippen molar-refractivity contribution in [2.75, 3.05) is 0 Å². The van der Waals surface area contributed by atoms with E-state index in [2.05, 4.69) is 24.0 Å². The maximum absolute atomic E-state index is 5.46. The highest BCUT2D eigenvalue weighted by Gasteiger charge is 2.03. The van der Waals surface area contributed by atoms with Gasteiger partial charge in [-0.2, -0.15) is 0 Å². The van der Waals surface area contributed by atoms with E-state index in [0.717, 1.165) is 17.7 Å². The van der Waals surface area contributed by atoms with Crippen molar-refractivity contribution in [3.63, 3.8) is 0 Å². The minimum atomic E-state index is 0.706. The van der Waals surface area contributed by atoms with Crippen LogP contribution in [0.15, 0.2) is 34.9 Å². The first-order valence-corrected chi connectivity index (χ1v) is 4.81. The summed E-state index contributed by atoms with van der Waals surface area (Å²) in [5.74, 6) is 1.56. The van der Waals surface area contributed by atoms with E-state index in [1.165, 1.54) is 5.56 Å². The molecule has 0 bridgehead atoms. The lowest BCUT2D eigenvalue weighted by Crippen LogP contribution is -1.82. The normalized spacial score (nSPS) is 10.4. The van der Waals surface area contributed by atoms with Crippen LogP contribution in [0.1, 0.15) is 18.2 Å². The van der Waals surface area contributed by atoms with Crippen molar-refractivity contribution in [2.24, 2.45) is 0 Å². The lowest BCUT2D eigenvalue weighted by Gasteiger charge is -1.98. The summed E-state index contributed by atoms with van der Waals surface area (Å²) in [7, 11) is 0.